The highest BCUT2D eigenvalue weighted by Gasteiger charge is 2.23. The monoisotopic (exact) mass is 442 g/mol. The minimum Gasteiger partial charge on any atom is -0.488 e. The fourth-order valence-electron chi connectivity index (χ4n) is 3.47. The van der Waals surface area contributed by atoms with Crippen molar-refractivity contribution in [2.75, 3.05) is 26.9 Å². The highest BCUT2D eigenvalue weighted by molar-refractivity contribution is 6.33. The Labute approximate surface area is 185 Å². The Morgan fingerprint density at radius 2 is 1.81 bits per heavy atom. The number of carbonyl (C=O) groups excluding carboxylic acids is 1. The van der Waals surface area contributed by atoms with Crippen molar-refractivity contribution in [1.82, 2.24) is 0 Å². The topological polar surface area (TPSA) is 87.6 Å². The number of rotatable bonds is 9. The van der Waals surface area contributed by atoms with E-state index in [-0.39, 0.29) is 41.0 Å². The van der Waals surface area contributed by atoms with Crippen LogP contribution in [0.1, 0.15) is 27.4 Å². The molecule has 3 aromatic carbocycles. The Morgan fingerprint density at radius 3 is 2.45 bits per heavy atom. The van der Waals surface area contributed by atoms with Crippen molar-refractivity contribution in [2.24, 2.45) is 11.5 Å². The molecule has 0 aliphatic heterocycles. The molecule has 0 spiro atoms. The van der Waals surface area contributed by atoms with Crippen molar-refractivity contribution < 1.29 is 18.7 Å². The Bertz CT molecular complexity index is 1060. The zero-order valence-electron chi connectivity index (χ0n) is 17.1. The quantitative estimate of drug-likeness (QED) is 0.482. The number of nitrogens with two attached hydrogens (primary N) is 2. The van der Waals surface area contributed by atoms with Gasteiger partial charge in [0.05, 0.1) is 12.2 Å². The van der Waals surface area contributed by atoms with Gasteiger partial charge in [-0.25, -0.2) is 4.39 Å². The summed E-state index contributed by atoms with van der Waals surface area (Å²) in [6, 6.07) is 17.8. The number of hydrogen-bond acceptors (Lipinski definition) is 4. The van der Waals surface area contributed by atoms with Crippen LogP contribution in [0, 0.1) is 5.82 Å². The van der Waals surface area contributed by atoms with Gasteiger partial charge in [0.2, 0.25) is 5.91 Å². The molecule has 1 unspecified atom stereocenters. The van der Waals surface area contributed by atoms with Gasteiger partial charge in [0.25, 0.3) is 0 Å². The molecule has 3 rings (SSSR count). The molecule has 0 saturated carbocycles. The molecule has 31 heavy (non-hydrogen) atoms. The third kappa shape index (κ3) is 5.05. The summed E-state index contributed by atoms with van der Waals surface area (Å²) in [5.74, 6) is -1.62. The molecule has 162 valence electrons. The maximum atomic E-state index is 15.5. The van der Waals surface area contributed by atoms with E-state index >= 15 is 4.39 Å². The van der Waals surface area contributed by atoms with Crippen molar-refractivity contribution in [2.45, 2.75) is 5.92 Å². The average molecular weight is 443 g/mol. The summed E-state index contributed by atoms with van der Waals surface area (Å²) in [7, 11) is 1.52. The normalized spacial score (nSPS) is 11.9. The molecule has 0 fully saturated rings. The highest BCUT2D eigenvalue weighted by Crippen LogP contribution is 2.39. The highest BCUT2D eigenvalue weighted by atomic mass is 35.5. The van der Waals surface area contributed by atoms with Gasteiger partial charge in [0.1, 0.15) is 6.61 Å². The standard InChI is InChI=1S/C24H24ClFN2O3/c1-30-11-12-31-21-10-8-17(24(28)29)22(23(21)26)18-13-16(7-9-20(18)25)19(14-27)15-5-3-2-4-6-15/h2-10,13,19H,11-12,14,27H2,1H3,(H2,28,29). The number of carbonyl (C=O) groups is 1. The van der Waals surface area contributed by atoms with Gasteiger partial charge in [-0.05, 0) is 35.4 Å². The van der Waals surface area contributed by atoms with E-state index in [1.807, 2.05) is 36.4 Å². The lowest BCUT2D eigenvalue weighted by molar-refractivity contribution is 0.100. The minimum absolute atomic E-state index is 0.00176. The van der Waals surface area contributed by atoms with Crippen molar-refractivity contribution in [1.29, 1.82) is 0 Å². The molecule has 1 atom stereocenters. The second-order valence-electron chi connectivity index (χ2n) is 6.94. The number of ether oxygens (including phenoxy) is 2. The lowest BCUT2D eigenvalue weighted by Crippen LogP contribution is -2.15. The SMILES string of the molecule is COCCOc1ccc(C(N)=O)c(-c2cc(C(CN)c3ccccc3)ccc2Cl)c1F. The van der Waals surface area contributed by atoms with Crippen LogP contribution in [0.15, 0.2) is 60.7 Å². The van der Waals surface area contributed by atoms with Crippen molar-refractivity contribution in [3.63, 3.8) is 0 Å². The van der Waals surface area contributed by atoms with E-state index in [1.165, 1.54) is 19.2 Å². The van der Waals surface area contributed by atoms with Crippen LogP contribution in [0.3, 0.4) is 0 Å². The summed E-state index contributed by atoms with van der Waals surface area (Å²) in [6.45, 7) is 0.786. The van der Waals surface area contributed by atoms with E-state index in [0.29, 0.717) is 12.1 Å². The fourth-order valence-corrected chi connectivity index (χ4v) is 3.69. The van der Waals surface area contributed by atoms with Gasteiger partial charge >= 0.3 is 0 Å². The molecule has 0 saturated heterocycles. The summed E-state index contributed by atoms with van der Waals surface area (Å²) >= 11 is 6.44. The maximum Gasteiger partial charge on any atom is 0.249 e. The summed E-state index contributed by atoms with van der Waals surface area (Å²) < 4.78 is 25.9. The van der Waals surface area contributed by atoms with Crippen molar-refractivity contribution in [3.05, 3.63) is 88.2 Å². The molecule has 1 amide bonds. The lowest BCUT2D eigenvalue weighted by atomic mass is 9.88. The Kier molecular flexibility index (Phi) is 7.63. The Balaban J connectivity index is 2.14. The van der Waals surface area contributed by atoms with Gasteiger partial charge in [0.15, 0.2) is 11.6 Å². The van der Waals surface area contributed by atoms with Crippen molar-refractivity contribution >= 4 is 17.5 Å². The summed E-state index contributed by atoms with van der Waals surface area (Å²) in [4.78, 5) is 12.1. The molecule has 0 heterocycles. The number of benzene rings is 3. The first-order valence-electron chi connectivity index (χ1n) is 9.76. The summed E-state index contributed by atoms with van der Waals surface area (Å²) in [5.41, 5.74) is 13.8. The van der Waals surface area contributed by atoms with E-state index in [9.17, 15) is 4.79 Å². The fraction of sp³-hybridized carbons (Fsp3) is 0.208. The van der Waals surface area contributed by atoms with Crippen LogP contribution in [0.4, 0.5) is 4.39 Å². The lowest BCUT2D eigenvalue weighted by Gasteiger charge is -2.19. The molecule has 5 nitrogen and oxygen atoms in total. The molecular formula is C24H24ClFN2O3. The largest absolute Gasteiger partial charge is 0.488 e. The average Bonchev–Trinajstić information content (AvgIpc) is 2.77. The second kappa shape index (κ2) is 10.4. The third-order valence-electron chi connectivity index (χ3n) is 5.02. The molecule has 0 bridgehead atoms. The van der Waals surface area contributed by atoms with Crippen LogP contribution >= 0.6 is 11.6 Å². The van der Waals surface area contributed by atoms with E-state index in [2.05, 4.69) is 0 Å². The van der Waals surface area contributed by atoms with Crippen LogP contribution in [0.2, 0.25) is 5.02 Å². The molecular weight excluding hydrogens is 419 g/mol. The smallest absolute Gasteiger partial charge is 0.249 e. The molecule has 0 radical (unpaired) electrons. The van der Waals surface area contributed by atoms with E-state index in [4.69, 9.17) is 32.5 Å². The van der Waals surface area contributed by atoms with E-state index in [1.54, 1.807) is 12.1 Å². The first kappa shape index (κ1) is 22.7. The van der Waals surface area contributed by atoms with Gasteiger partial charge in [-0.15, -0.1) is 0 Å². The number of methoxy groups -OCH3 is 1. The maximum absolute atomic E-state index is 15.5. The first-order valence-corrected chi connectivity index (χ1v) is 10.1. The number of hydrogen-bond donors (Lipinski definition) is 2. The molecule has 7 heteroatoms. The zero-order chi connectivity index (χ0) is 22.4. The second-order valence-corrected chi connectivity index (χ2v) is 7.35. The number of amides is 1. The van der Waals surface area contributed by atoms with Crippen LogP contribution in [0.25, 0.3) is 11.1 Å². The van der Waals surface area contributed by atoms with Gasteiger partial charge < -0.3 is 20.9 Å². The minimum atomic E-state index is -0.766. The van der Waals surface area contributed by atoms with E-state index in [0.717, 1.165) is 11.1 Å². The van der Waals surface area contributed by atoms with Gasteiger partial charge in [-0.1, -0.05) is 48.0 Å². The summed E-state index contributed by atoms with van der Waals surface area (Å²) in [6.07, 6.45) is 0. The molecule has 0 aliphatic carbocycles. The number of halogens is 2. The van der Waals surface area contributed by atoms with Crippen LogP contribution in [-0.4, -0.2) is 32.8 Å². The molecule has 0 aromatic heterocycles. The van der Waals surface area contributed by atoms with Gasteiger partial charge in [-0.3, -0.25) is 4.79 Å². The van der Waals surface area contributed by atoms with Crippen LogP contribution in [-0.2, 0) is 4.74 Å². The van der Waals surface area contributed by atoms with Gasteiger partial charge in [0, 0.05) is 35.7 Å². The van der Waals surface area contributed by atoms with E-state index < -0.39 is 11.7 Å². The molecule has 0 aliphatic rings. The Hall–Kier alpha value is -2.93. The first-order chi connectivity index (χ1) is 15.0. The van der Waals surface area contributed by atoms with Crippen LogP contribution in [0.5, 0.6) is 5.75 Å². The summed E-state index contributed by atoms with van der Waals surface area (Å²) in [5, 5.41) is 0.281. The third-order valence-corrected chi connectivity index (χ3v) is 5.35. The van der Waals surface area contributed by atoms with Crippen LogP contribution < -0.4 is 16.2 Å². The molecule has 4 N–H and O–H groups in total. The zero-order valence-corrected chi connectivity index (χ0v) is 17.9. The molecule has 3 aromatic rings. The Morgan fingerprint density at radius 1 is 1.06 bits per heavy atom. The van der Waals surface area contributed by atoms with Gasteiger partial charge in [-0.2, -0.15) is 0 Å². The predicted molar refractivity (Wildman–Crippen MR) is 120 cm³/mol. The predicted octanol–water partition coefficient (Wildman–Crippen LogP) is 4.36. The number of primary amides is 1. The van der Waals surface area contributed by atoms with Crippen molar-refractivity contribution in [3.8, 4) is 16.9 Å².